The molecule has 0 unspecified atom stereocenters. The van der Waals surface area contributed by atoms with E-state index in [-0.39, 0.29) is 0 Å². The Morgan fingerprint density at radius 3 is 1.58 bits per heavy atom. The average molecular weight is 820 g/mol. The molecule has 8 aromatic carbocycles. The van der Waals surface area contributed by atoms with E-state index in [4.69, 9.17) is 4.98 Å². The molecule has 5 nitrogen and oxygen atoms in total. The highest BCUT2D eigenvalue weighted by molar-refractivity contribution is 6.17. The summed E-state index contributed by atoms with van der Waals surface area (Å²) in [7, 11) is 4.34. The minimum absolute atomic E-state index is 0.965. The van der Waals surface area contributed by atoms with Gasteiger partial charge in [-0.1, -0.05) is 66.7 Å². The highest BCUT2D eigenvalue weighted by Gasteiger charge is 2.32. The Bertz CT molecular complexity index is 4210. The molecule has 5 aromatic heterocycles. The Hall–Kier alpha value is -7.89. The summed E-state index contributed by atoms with van der Waals surface area (Å²) in [5, 5.41) is 10.5. The highest BCUT2D eigenvalue weighted by Crippen LogP contribution is 2.51. The van der Waals surface area contributed by atoms with Gasteiger partial charge in [-0.2, -0.15) is 0 Å². The first-order valence-electron chi connectivity index (χ1n) is 22.7. The van der Waals surface area contributed by atoms with Crippen molar-refractivity contribution in [3.8, 4) is 39.2 Å². The van der Waals surface area contributed by atoms with E-state index in [2.05, 4.69) is 178 Å². The quantitative estimate of drug-likeness (QED) is 0.190. The molecule has 0 radical (unpaired) electrons. The fraction of sp³-hybridized carbons (Fsp3) is 0.102. The summed E-state index contributed by atoms with van der Waals surface area (Å²) < 4.78 is 7.07. The summed E-state index contributed by atoms with van der Waals surface area (Å²) >= 11 is 0. The molecule has 0 spiro atoms. The van der Waals surface area contributed by atoms with Crippen molar-refractivity contribution in [2.75, 3.05) is 0 Å². The first-order chi connectivity index (χ1) is 31.6. The summed E-state index contributed by atoms with van der Waals surface area (Å²) in [4.78, 5) is 8.96. The van der Waals surface area contributed by atoms with Crippen molar-refractivity contribution < 1.29 is 0 Å². The Balaban J connectivity index is 0.916. The van der Waals surface area contributed by atoms with Crippen LogP contribution in [0.1, 0.15) is 22.3 Å². The largest absolute Gasteiger partial charge is 0.354 e. The molecular formula is C59H41N5. The number of para-hydroxylation sites is 2. The van der Waals surface area contributed by atoms with E-state index in [1.54, 1.807) is 0 Å². The standard InChI is InChI=1S/C59H41N5/c1-62-50-11-5-3-9-39(50)44-28-34(17-23-52(44)62)33-16-22-49-43(27-33)47-31-37-14-15-38-32-48-46-30-36(35-18-24-53-45(29-35)40-10-4-6-12-51(40)63(53)2)19-25-54(46)64(55-13-7-8-26-60-55)59(48)42-21-20-41(58(47)61-49)56(37)57(38)42/h3-13,16-19,22-32,61H,14-15,20-21H2,1-2H3. The first kappa shape index (κ1) is 34.7. The molecule has 0 amide bonds. The third-order valence-corrected chi connectivity index (χ3v) is 15.2. The zero-order valence-corrected chi connectivity index (χ0v) is 35.6. The molecule has 15 rings (SSSR count). The SMILES string of the molecule is Cn1c2ccccc2c2cc(-c3ccc4[nH]c5c6c7c(cc5c4c3)CCc3cc4c5cc(-c8ccc9c(c8)c8ccccc8n9C)ccc5n(-c5ccccn5)c4c(c3-7)CC6)ccc21. The maximum atomic E-state index is 4.99. The maximum Gasteiger partial charge on any atom is 0.137 e. The summed E-state index contributed by atoms with van der Waals surface area (Å²) in [6.07, 6.45) is 5.96. The number of pyridine rings is 1. The van der Waals surface area contributed by atoms with Crippen molar-refractivity contribution in [1.82, 2.24) is 23.7 Å². The molecule has 0 saturated heterocycles. The van der Waals surface area contributed by atoms with Gasteiger partial charge in [0.05, 0.1) is 16.6 Å². The fourth-order valence-electron chi connectivity index (χ4n) is 12.3. The molecular weight excluding hydrogens is 779 g/mol. The van der Waals surface area contributed by atoms with E-state index in [1.165, 1.54) is 143 Å². The second-order valence-corrected chi connectivity index (χ2v) is 18.4. The van der Waals surface area contributed by atoms with Gasteiger partial charge in [-0.3, -0.25) is 4.57 Å². The molecule has 5 heterocycles. The molecule has 0 saturated carbocycles. The molecule has 0 bridgehead atoms. The van der Waals surface area contributed by atoms with Gasteiger partial charge in [0.25, 0.3) is 0 Å². The molecule has 0 fully saturated rings. The van der Waals surface area contributed by atoms with Crippen LogP contribution in [0.3, 0.4) is 0 Å². The van der Waals surface area contributed by atoms with Crippen molar-refractivity contribution in [3.05, 3.63) is 180 Å². The van der Waals surface area contributed by atoms with Crippen LogP contribution < -0.4 is 0 Å². The van der Waals surface area contributed by atoms with Gasteiger partial charge in [0.15, 0.2) is 0 Å². The van der Waals surface area contributed by atoms with Gasteiger partial charge in [-0.25, -0.2) is 4.98 Å². The Kier molecular flexibility index (Phi) is 6.71. The number of hydrogen-bond donors (Lipinski definition) is 1. The van der Waals surface area contributed by atoms with Crippen LogP contribution in [0.4, 0.5) is 0 Å². The molecule has 0 aliphatic heterocycles. The molecule has 1 N–H and O–H groups in total. The van der Waals surface area contributed by atoms with Crippen molar-refractivity contribution in [1.29, 1.82) is 0 Å². The predicted molar refractivity (Wildman–Crippen MR) is 267 cm³/mol. The summed E-state index contributed by atoms with van der Waals surface area (Å²) in [6.45, 7) is 0. The fourth-order valence-corrected chi connectivity index (χ4v) is 12.3. The van der Waals surface area contributed by atoms with E-state index >= 15 is 0 Å². The zero-order valence-electron chi connectivity index (χ0n) is 35.6. The topological polar surface area (TPSA) is 43.5 Å². The average Bonchev–Trinajstić information content (AvgIpc) is 4.06. The summed E-state index contributed by atoms with van der Waals surface area (Å²) in [5.74, 6) is 0.965. The number of aromatic nitrogens is 5. The number of H-pyrrole nitrogens is 1. The Labute approximate surface area is 368 Å². The number of aromatic amines is 1. The van der Waals surface area contributed by atoms with Crippen LogP contribution >= 0.6 is 0 Å². The van der Waals surface area contributed by atoms with Crippen LogP contribution in [-0.2, 0) is 39.8 Å². The van der Waals surface area contributed by atoms with Gasteiger partial charge in [0, 0.05) is 91.0 Å². The minimum Gasteiger partial charge on any atom is -0.354 e. The second-order valence-electron chi connectivity index (χ2n) is 18.4. The summed E-state index contributed by atoms with van der Waals surface area (Å²) in [6, 6.07) is 56.9. The predicted octanol–water partition coefficient (Wildman–Crippen LogP) is 14.3. The van der Waals surface area contributed by atoms with Gasteiger partial charge < -0.3 is 14.1 Å². The lowest BCUT2D eigenvalue weighted by atomic mass is 9.74. The Morgan fingerprint density at radius 1 is 0.422 bits per heavy atom. The van der Waals surface area contributed by atoms with Crippen molar-refractivity contribution in [3.63, 3.8) is 0 Å². The second kappa shape index (κ2) is 12.4. The Morgan fingerprint density at radius 2 is 0.938 bits per heavy atom. The van der Waals surface area contributed by atoms with Gasteiger partial charge in [0.2, 0.25) is 0 Å². The van der Waals surface area contributed by atoms with Crippen LogP contribution in [0.25, 0.3) is 126 Å². The molecule has 0 atom stereocenters. The molecule has 13 aromatic rings. The zero-order chi connectivity index (χ0) is 41.9. The van der Waals surface area contributed by atoms with E-state index in [9.17, 15) is 0 Å². The van der Waals surface area contributed by atoms with E-state index < -0.39 is 0 Å². The van der Waals surface area contributed by atoms with Crippen LogP contribution in [0, 0.1) is 0 Å². The van der Waals surface area contributed by atoms with Crippen LogP contribution in [0.5, 0.6) is 0 Å². The lowest BCUT2D eigenvalue weighted by Gasteiger charge is -2.31. The minimum atomic E-state index is 0.965. The number of fused-ring (bicyclic) bond motifs is 14. The first-order valence-corrected chi connectivity index (χ1v) is 22.7. The number of nitrogens with one attached hydrogen (secondary N) is 1. The number of hydrogen-bond acceptors (Lipinski definition) is 1. The van der Waals surface area contributed by atoms with E-state index in [0.717, 1.165) is 31.5 Å². The van der Waals surface area contributed by atoms with Crippen LogP contribution in [0.15, 0.2) is 158 Å². The third kappa shape index (κ3) is 4.50. The molecule has 5 heteroatoms. The number of benzene rings is 8. The van der Waals surface area contributed by atoms with Gasteiger partial charge in [-0.15, -0.1) is 0 Å². The van der Waals surface area contributed by atoms with Crippen LogP contribution in [0.2, 0.25) is 0 Å². The number of rotatable bonds is 3. The van der Waals surface area contributed by atoms with Crippen molar-refractivity contribution in [2.45, 2.75) is 25.7 Å². The lowest BCUT2D eigenvalue weighted by molar-refractivity contribution is 0.884. The normalized spacial score (nSPS) is 13.5. The third-order valence-electron chi connectivity index (χ3n) is 15.2. The van der Waals surface area contributed by atoms with Gasteiger partial charge >= 0.3 is 0 Å². The summed E-state index contributed by atoms with van der Waals surface area (Å²) in [5.41, 5.74) is 23.9. The van der Waals surface area contributed by atoms with Gasteiger partial charge in [0.1, 0.15) is 5.82 Å². The molecule has 302 valence electrons. The lowest BCUT2D eigenvalue weighted by Crippen LogP contribution is -2.15. The molecule has 2 aliphatic carbocycles. The smallest absolute Gasteiger partial charge is 0.137 e. The van der Waals surface area contributed by atoms with Crippen molar-refractivity contribution >= 4 is 87.2 Å². The van der Waals surface area contributed by atoms with E-state index in [0.29, 0.717) is 0 Å². The van der Waals surface area contributed by atoms with E-state index in [1.807, 2.05) is 12.3 Å². The molecule has 64 heavy (non-hydrogen) atoms. The number of aryl methyl sites for hydroxylation is 6. The monoisotopic (exact) mass is 819 g/mol. The highest BCUT2D eigenvalue weighted by atomic mass is 15.1. The maximum absolute atomic E-state index is 4.99. The molecule has 2 aliphatic rings. The van der Waals surface area contributed by atoms with Crippen LogP contribution in [-0.4, -0.2) is 23.7 Å². The number of nitrogens with zero attached hydrogens (tertiary/aromatic N) is 4. The van der Waals surface area contributed by atoms with Gasteiger partial charge in [-0.05, 0) is 166 Å². The van der Waals surface area contributed by atoms with Crippen molar-refractivity contribution in [2.24, 2.45) is 14.1 Å².